The molecule has 0 aromatic rings. The van der Waals surface area contributed by atoms with Crippen molar-refractivity contribution in [1.29, 1.82) is 0 Å². The smallest absolute Gasteiger partial charge is 0.324 e. The quantitative estimate of drug-likeness (QED) is 0.332. The van der Waals surface area contributed by atoms with Gasteiger partial charge in [0, 0.05) is 18.4 Å². The Morgan fingerprint density at radius 1 is 1.26 bits per heavy atom. The van der Waals surface area contributed by atoms with Crippen molar-refractivity contribution < 1.29 is 19.2 Å². The molecule has 0 radical (unpaired) electrons. The summed E-state index contributed by atoms with van der Waals surface area (Å²) < 4.78 is 4.99. The fourth-order valence-electron chi connectivity index (χ4n) is 1.25. The number of carbonyl (C=O) groups excluding carboxylic acids is 2. The molecule has 0 amide bonds. The maximum atomic E-state index is 11.3. The average Bonchev–Trinajstić information content (AvgIpc) is 2.45. The van der Waals surface area contributed by atoms with Crippen LogP contribution in [0, 0.1) is 12.3 Å². The van der Waals surface area contributed by atoms with Gasteiger partial charge in [0.15, 0.2) is 0 Å². The van der Waals surface area contributed by atoms with Gasteiger partial charge in [-0.3, -0.25) is 9.59 Å². The number of hydrogen-bond acceptors (Lipinski definition) is 5. The number of allylic oxidation sites excluding steroid dienone is 2. The Hall–Kier alpha value is -2.50. The molecule has 1 aliphatic carbocycles. The monoisotopic (exact) mass is 259 g/mol. The second kappa shape index (κ2) is 7.75. The van der Waals surface area contributed by atoms with Crippen molar-refractivity contribution in [2.75, 3.05) is 6.61 Å². The maximum Gasteiger partial charge on any atom is 0.324 e. The van der Waals surface area contributed by atoms with Crippen molar-refractivity contribution in [1.82, 2.24) is 0 Å². The number of esters is 1. The third-order valence-corrected chi connectivity index (χ3v) is 2.25. The van der Waals surface area contributed by atoms with Crippen molar-refractivity contribution in [2.45, 2.75) is 19.3 Å². The lowest BCUT2D eigenvalue weighted by Crippen LogP contribution is -2.11. The van der Waals surface area contributed by atoms with Gasteiger partial charge in [-0.1, -0.05) is 17.4 Å². The summed E-state index contributed by atoms with van der Waals surface area (Å²) in [5.74, 6) is 6.12. The highest BCUT2D eigenvalue weighted by molar-refractivity contribution is 5.72. The molecule has 0 unspecified atom stereocenters. The Bertz CT molecular complexity index is 538. The van der Waals surface area contributed by atoms with E-state index in [2.05, 4.69) is 28.1 Å². The van der Waals surface area contributed by atoms with E-state index in [0.717, 1.165) is 0 Å². The summed E-state index contributed by atoms with van der Waals surface area (Å²) >= 11 is 0. The summed E-state index contributed by atoms with van der Waals surface area (Å²) in [7, 11) is 0. The molecule has 0 heterocycles. The highest BCUT2D eigenvalue weighted by atomic mass is 16.7. The molecule has 19 heavy (non-hydrogen) atoms. The minimum absolute atomic E-state index is 0.0857. The van der Waals surface area contributed by atoms with Gasteiger partial charge < -0.3 is 9.57 Å². The standard InChI is InChI=1S/C14H13NO4/c1-2-11-6-8-12(9-7-11)10-18-13(16)4-3-5-14(17)19-15/h1,6,8H,3-5,10,15H2. The van der Waals surface area contributed by atoms with Gasteiger partial charge in [0.05, 0.1) is 5.57 Å². The second-order valence-electron chi connectivity index (χ2n) is 3.67. The predicted octanol–water partition coefficient (Wildman–Crippen LogP) is 0.927. The molecule has 0 bridgehead atoms. The molecule has 0 aliphatic heterocycles. The van der Waals surface area contributed by atoms with Crippen LogP contribution in [-0.4, -0.2) is 18.5 Å². The number of rotatable bonds is 6. The molecular weight excluding hydrogens is 246 g/mol. The lowest BCUT2D eigenvalue weighted by atomic mass is 10.1. The molecule has 98 valence electrons. The molecular formula is C14H13NO4. The highest BCUT2D eigenvalue weighted by Crippen LogP contribution is 2.06. The molecule has 0 atom stereocenters. The van der Waals surface area contributed by atoms with Crippen LogP contribution in [-0.2, 0) is 19.2 Å². The van der Waals surface area contributed by atoms with E-state index < -0.39 is 11.9 Å². The van der Waals surface area contributed by atoms with Gasteiger partial charge in [0.25, 0.3) is 0 Å². The second-order valence-corrected chi connectivity index (χ2v) is 3.67. The van der Waals surface area contributed by atoms with E-state index in [1.54, 1.807) is 12.2 Å². The van der Waals surface area contributed by atoms with Crippen molar-refractivity contribution in [2.24, 2.45) is 5.90 Å². The summed E-state index contributed by atoms with van der Waals surface area (Å²) in [6.45, 7) is 0.0987. The number of terminal acetylenes is 1. The summed E-state index contributed by atoms with van der Waals surface area (Å²) in [5.41, 5.74) is 6.81. The third-order valence-electron chi connectivity index (χ3n) is 2.25. The van der Waals surface area contributed by atoms with Gasteiger partial charge in [-0.15, -0.1) is 6.42 Å². The number of nitrogens with two attached hydrogens (primary N) is 1. The first-order chi connectivity index (χ1) is 9.15. The summed E-state index contributed by atoms with van der Waals surface area (Å²) in [4.78, 5) is 26.0. The van der Waals surface area contributed by atoms with E-state index in [1.165, 1.54) is 0 Å². The van der Waals surface area contributed by atoms with Crippen LogP contribution in [0.15, 0.2) is 34.8 Å². The van der Waals surface area contributed by atoms with Gasteiger partial charge in [-0.05, 0) is 18.6 Å². The van der Waals surface area contributed by atoms with Crippen LogP contribution in [0.5, 0.6) is 0 Å². The Kier molecular flexibility index (Phi) is 5.94. The van der Waals surface area contributed by atoms with Crippen molar-refractivity contribution in [3.8, 4) is 12.3 Å². The predicted molar refractivity (Wildman–Crippen MR) is 67.1 cm³/mol. The van der Waals surface area contributed by atoms with Crippen LogP contribution in [0.4, 0.5) is 0 Å². The summed E-state index contributed by atoms with van der Waals surface area (Å²) in [5, 5.41) is 0. The van der Waals surface area contributed by atoms with E-state index in [1.807, 2.05) is 0 Å². The molecule has 0 saturated heterocycles. The highest BCUT2D eigenvalue weighted by Gasteiger charge is 2.07. The Balaban J connectivity index is 2.31. The van der Waals surface area contributed by atoms with E-state index >= 15 is 0 Å². The molecule has 5 nitrogen and oxygen atoms in total. The fraction of sp³-hybridized carbons (Fsp3) is 0.286. The zero-order chi connectivity index (χ0) is 14.1. The van der Waals surface area contributed by atoms with E-state index in [0.29, 0.717) is 17.6 Å². The topological polar surface area (TPSA) is 78.6 Å². The SMILES string of the molecule is C#CC1=C=C=C(COC(=O)CCCC(=O)ON)C=C1. The molecule has 2 N–H and O–H groups in total. The van der Waals surface area contributed by atoms with Crippen molar-refractivity contribution in [3.05, 3.63) is 34.8 Å². The molecule has 1 rings (SSSR count). The molecule has 0 fully saturated rings. The van der Waals surface area contributed by atoms with Crippen LogP contribution in [0.2, 0.25) is 0 Å². The van der Waals surface area contributed by atoms with E-state index in [9.17, 15) is 9.59 Å². The first-order valence-electron chi connectivity index (χ1n) is 5.60. The normalized spacial score (nSPS) is 12.2. The first-order valence-corrected chi connectivity index (χ1v) is 5.60. The van der Waals surface area contributed by atoms with Crippen molar-refractivity contribution >= 4 is 11.9 Å². The Morgan fingerprint density at radius 3 is 2.58 bits per heavy atom. The van der Waals surface area contributed by atoms with Gasteiger partial charge in [0.1, 0.15) is 6.61 Å². The first kappa shape index (κ1) is 14.6. The minimum atomic E-state index is -0.555. The largest absolute Gasteiger partial charge is 0.460 e. The number of hydrogen-bond donors (Lipinski definition) is 1. The summed E-state index contributed by atoms with van der Waals surface area (Å²) in [6, 6.07) is 0. The average molecular weight is 259 g/mol. The molecule has 0 aromatic carbocycles. The zero-order valence-electron chi connectivity index (χ0n) is 10.3. The van der Waals surface area contributed by atoms with Gasteiger partial charge >= 0.3 is 11.9 Å². The van der Waals surface area contributed by atoms with Crippen LogP contribution in [0.3, 0.4) is 0 Å². The van der Waals surface area contributed by atoms with Crippen LogP contribution < -0.4 is 5.90 Å². The van der Waals surface area contributed by atoms with Crippen LogP contribution in [0.25, 0.3) is 0 Å². The number of carbonyl (C=O) groups is 2. The fourth-order valence-corrected chi connectivity index (χ4v) is 1.25. The molecule has 0 aromatic heterocycles. The van der Waals surface area contributed by atoms with Gasteiger partial charge in [0.2, 0.25) is 0 Å². The van der Waals surface area contributed by atoms with Crippen molar-refractivity contribution in [3.63, 3.8) is 0 Å². The Morgan fingerprint density at radius 2 is 2.00 bits per heavy atom. The lowest BCUT2D eigenvalue weighted by molar-refractivity contribution is -0.145. The summed E-state index contributed by atoms with van der Waals surface area (Å²) in [6.07, 6.45) is 9.13. The lowest BCUT2D eigenvalue weighted by Gasteiger charge is -2.04. The molecule has 0 saturated carbocycles. The number of ether oxygens (including phenoxy) is 1. The van der Waals surface area contributed by atoms with Crippen LogP contribution >= 0.6 is 0 Å². The van der Waals surface area contributed by atoms with Crippen LogP contribution in [0.1, 0.15) is 19.3 Å². The van der Waals surface area contributed by atoms with E-state index in [-0.39, 0.29) is 19.4 Å². The third kappa shape index (κ3) is 5.58. The van der Waals surface area contributed by atoms with E-state index in [4.69, 9.17) is 11.2 Å². The molecule has 1 aliphatic rings. The maximum absolute atomic E-state index is 11.3. The Labute approximate surface area is 111 Å². The van der Waals surface area contributed by atoms with Gasteiger partial charge in [-0.25, -0.2) is 0 Å². The molecule has 5 heteroatoms. The van der Waals surface area contributed by atoms with Gasteiger partial charge in [-0.2, -0.15) is 5.90 Å². The minimum Gasteiger partial charge on any atom is -0.460 e. The zero-order valence-corrected chi connectivity index (χ0v) is 10.3. The molecule has 0 spiro atoms.